The van der Waals surface area contributed by atoms with Gasteiger partial charge in [0, 0.05) is 11.3 Å². The lowest BCUT2D eigenvalue weighted by atomic mass is 9.74. The van der Waals surface area contributed by atoms with Gasteiger partial charge in [-0.25, -0.2) is 13.6 Å². The Morgan fingerprint density at radius 1 is 0.970 bits per heavy atom. The van der Waals surface area contributed by atoms with Crippen molar-refractivity contribution in [3.8, 4) is 0 Å². The maximum absolute atomic E-state index is 14.0. The molecule has 3 aromatic carbocycles. The number of carboxylic acid groups (broad SMARTS) is 1. The van der Waals surface area contributed by atoms with Crippen molar-refractivity contribution in [3.05, 3.63) is 106 Å². The largest absolute Gasteiger partial charge is 0.477 e. The van der Waals surface area contributed by atoms with Crippen LogP contribution in [0, 0.1) is 24.0 Å². The average Bonchev–Trinajstić information content (AvgIpc) is 2.72. The fourth-order valence-corrected chi connectivity index (χ4v) is 4.16. The molecule has 1 amide bonds. The van der Waals surface area contributed by atoms with Crippen LogP contribution in [0.2, 0.25) is 0 Å². The Labute approximate surface area is 190 Å². The number of hydrogen-bond acceptors (Lipinski definition) is 2. The van der Waals surface area contributed by atoms with Gasteiger partial charge < -0.3 is 10.4 Å². The minimum absolute atomic E-state index is 0.0576. The number of hydrogen-bond donors (Lipinski definition) is 2. The van der Waals surface area contributed by atoms with E-state index in [9.17, 15) is 18.4 Å². The molecule has 0 unspecified atom stereocenters. The zero-order chi connectivity index (χ0) is 23.9. The molecule has 1 aliphatic carbocycles. The third-order valence-electron chi connectivity index (χ3n) is 5.72. The number of carbonyl (C=O) groups is 2. The monoisotopic (exact) mass is 447 g/mol. The highest BCUT2D eigenvalue weighted by atomic mass is 19.1. The lowest BCUT2D eigenvalue weighted by Crippen LogP contribution is -2.20. The number of benzene rings is 3. The lowest BCUT2D eigenvalue weighted by Gasteiger charge is -2.30. The Morgan fingerprint density at radius 3 is 2.21 bits per heavy atom. The summed E-state index contributed by atoms with van der Waals surface area (Å²) in [6.45, 7) is 6.34. The third-order valence-corrected chi connectivity index (χ3v) is 5.72. The van der Waals surface area contributed by atoms with Crippen molar-refractivity contribution in [2.75, 3.05) is 5.32 Å². The Morgan fingerprint density at radius 2 is 1.61 bits per heavy atom. The second-order valence-electron chi connectivity index (χ2n) is 9.04. The second kappa shape index (κ2) is 8.28. The molecular weight excluding hydrogens is 424 g/mol. The Balaban J connectivity index is 1.69. The third kappa shape index (κ3) is 4.55. The van der Waals surface area contributed by atoms with Gasteiger partial charge in [-0.3, -0.25) is 4.79 Å². The van der Waals surface area contributed by atoms with Crippen LogP contribution < -0.4 is 5.32 Å². The second-order valence-corrected chi connectivity index (χ2v) is 9.04. The molecule has 4 nitrogen and oxygen atoms in total. The van der Waals surface area contributed by atoms with Gasteiger partial charge in [-0.2, -0.15) is 0 Å². The number of aromatic carboxylic acids is 1. The Kier molecular flexibility index (Phi) is 5.62. The van der Waals surface area contributed by atoms with Crippen LogP contribution in [-0.4, -0.2) is 17.0 Å². The van der Waals surface area contributed by atoms with E-state index in [-0.39, 0.29) is 11.1 Å². The average molecular weight is 447 g/mol. The summed E-state index contributed by atoms with van der Waals surface area (Å²) in [6, 6.07) is 15.1. The van der Waals surface area contributed by atoms with E-state index in [2.05, 4.69) is 37.4 Å². The van der Waals surface area contributed by atoms with E-state index in [1.54, 1.807) is 12.1 Å². The van der Waals surface area contributed by atoms with Crippen molar-refractivity contribution >= 4 is 23.1 Å². The molecular formula is C27H23F2NO3. The number of carbonyl (C=O) groups excluding carboxylic acids is 1. The number of anilines is 1. The Hall–Kier alpha value is -3.80. The molecule has 0 fully saturated rings. The molecule has 1 aliphatic rings. The van der Waals surface area contributed by atoms with Gasteiger partial charge in [0.1, 0.15) is 17.2 Å². The number of allylic oxidation sites excluding steroid dienone is 1. The number of fused-ring (bicyclic) bond motifs is 1. The highest BCUT2D eigenvalue weighted by molar-refractivity contribution is 6.05. The SMILES string of the molecule is Cc1ccc(C2=CC(C)(C)Cc3ccc(C(=O)Nc4cc(F)c(C(=O)O)c(F)c4)cc32)cc1. The summed E-state index contributed by atoms with van der Waals surface area (Å²) >= 11 is 0. The van der Waals surface area contributed by atoms with Crippen LogP contribution in [0.15, 0.2) is 60.7 Å². The van der Waals surface area contributed by atoms with E-state index in [1.807, 2.05) is 25.1 Å². The van der Waals surface area contributed by atoms with Crippen LogP contribution in [0.25, 0.3) is 5.57 Å². The summed E-state index contributed by atoms with van der Waals surface area (Å²) in [6.07, 6.45) is 3.02. The van der Waals surface area contributed by atoms with E-state index < -0.39 is 29.1 Å². The van der Waals surface area contributed by atoms with Gasteiger partial charge in [-0.1, -0.05) is 55.8 Å². The number of amides is 1. The van der Waals surface area contributed by atoms with Crippen molar-refractivity contribution in [1.82, 2.24) is 0 Å². The Bertz CT molecular complexity index is 1280. The summed E-state index contributed by atoms with van der Waals surface area (Å²) in [5, 5.41) is 11.4. The van der Waals surface area contributed by atoms with E-state index in [1.165, 1.54) is 0 Å². The molecule has 0 aromatic heterocycles. The van der Waals surface area contributed by atoms with Gasteiger partial charge in [0.2, 0.25) is 0 Å². The van der Waals surface area contributed by atoms with Crippen LogP contribution in [0.3, 0.4) is 0 Å². The van der Waals surface area contributed by atoms with Gasteiger partial charge in [0.15, 0.2) is 0 Å². The summed E-state index contributed by atoms with van der Waals surface area (Å²) in [5.74, 6) is -4.77. The quantitative estimate of drug-likeness (QED) is 0.498. The van der Waals surface area contributed by atoms with Gasteiger partial charge in [-0.15, -0.1) is 0 Å². The molecule has 0 bridgehead atoms. The van der Waals surface area contributed by atoms with E-state index in [0.29, 0.717) is 5.56 Å². The molecule has 0 spiro atoms. The summed E-state index contributed by atoms with van der Waals surface area (Å²) in [7, 11) is 0. The molecule has 0 radical (unpaired) electrons. The van der Waals surface area contributed by atoms with Gasteiger partial charge in [0.25, 0.3) is 5.91 Å². The molecule has 4 rings (SSSR count). The lowest BCUT2D eigenvalue weighted by molar-refractivity contribution is 0.0686. The van der Waals surface area contributed by atoms with Crippen molar-refractivity contribution in [1.29, 1.82) is 0 Å². The maximum atomic E-state index is 14.0. The number of rotatable bonds is 4. The van der Waals surface area contributed by atoms with Gasteiger partial charge in [-0.05, 0) is 65.3 Å². The zero-order valence-electron chi connectivity index (χ0n) is 18.5. The van der Waals surface area contributed by atoms with Crippen molar-refractivity contribution in [3.63, 3.8) is 0 Å². The summed E-state index contributed by atoms with van der Waals surface area (Å²) in [4.78, 5) is 23.8. The molecule has 0 heterocycles. The molecule has 0 saturated heterocycles. The molecule has 0 saturated carbocycles. The normalized spacial score (nSPS) is 14.3. The first-order valence-electron chi connectivity index (χ1n) is 10.5. The standard InChI is InChI=1S/C27H23F2NO3/c1-15-4-6-16(7-5-15)21-14-27(2,3)13-18-9-8-17(10-20(18)21)25(31)30-19-11-22(28)24(26(32)33)23(29)12-19/h4-12,14H,13H2,1-3H3,(H,30,31)(H,32,33). The van der Waals surface area contributed by atoms with Crippen molar-refractivity contribution < 1.29 is 23.5 Å². The van der Waals surface area contributed by atoms with Crippen molar-refractivity contribution in [2.45, 2.75) is 27.2 Å². The minimum Gasteiger partial charge on any atom is -0.477 e. The zero-order valence-corrected chi connectivity index (χ0v) is 18.5. The van der Waals surface area contributed by atoms with Crippen LogP contribution in [0.1, 0.15) is 56.8 Å². The molecule has 3 aromatic rings. The van der Waals surface area contributed by atoms with Crippen molar-refractivity contribution in [2.24, 2.45) is 5.41 Å². The molecule has 0 atom stereocenters. The van der Waals surface area contributed by atoms with E-state index in [4.69, 9.17) is 5.11 Å². The fourth-order valence-electron chi connectivity index (χ4n) is 4.16. The number of halogens is 2. The van der Waals surface area contributed by atoms with Gasteiger partial charge in [0.05, 0.1) is 0 Å². The molecule has 6 heteroatoms. The molecule has 33 heavy (non-hydrogen) atoms. The summed E-state index contributed by atoms with van der Waals surface area (Å²) in [5.41, 5.74) is 4.32. The maximum Gasteiger partial charge on any atom is 0.341 e. The first-order chi connectivity index (χ1) is 15.5. The fraction of sp³-hybridized carbons (Fsp3) is 0.185. The van der Waals surface area contributed by atoms with Crippen LogP contribution >= 0.6 is 0 Å². The molecule has 168 valence electrons. The predicted octanol–water partition coefficient (Wildman–Crippen LogP) is 6.24. The highest BCUT2D eigenvalue weighted by Crippen LogP contribution is 2.40. The predicted molar refractivity (Wildman–Crippen MR) is 123 cm³/mol. The first-order valence-corrected chi connectivity index (χ1v) is 10.5. The summed E-state index contributed by atoms with van der Waals surface area (Å²) < 4.78 is 28.0. The van der Waals surface area contributed by atoms with Crippen LogP contribution in [-0.2, 0) is 6.42 Å². The first kappa shape index (κ1) is 22.4. The number of aryl methyl sites for hydroxylation is 1. The van der Waals surface area contributed by atoms with E-state index in [0.717, 1.165) is 46.4 Å². The van der Waals surface area contributed by atoms with Crippen LogP contribution in [0.4, 0.5) is 14.5 Å². The van der Waals surface area contributed by atoms with Crippen LogP contribution in [0.5, 0.6) is 0 Å². The number of carboxylic acids is 1. The van der Waals surface area contributed by atoms with Gasteiger partial charge >= 0.3 is 5.97 Å². The topological polar surface area (TPSA) is 66.4 Å². The van der Waals surface area contributed by atoms with E-state index >= 15 is 0 Å². The highest BCUT2D eigenvalue weighted by Gasteiger charge is 2.27. The number of nitrogens with one attached hydrogen (secondary N) is 1. The minimum atomic E-state index is -1.71. The molecule has 2 N–H and O–H groups in total. The smallest absolute Gasteiger partial charge is 0.341 e. The molecule has 0 aliphatic heterocycles.